The van der Waals surface area contributed by atoms with Crippen LogP contribution in [0.5, 0.6) is 0 Å². The van der Waals surface area contributed by atoms with Crippen LogP contribution in [0.15, 0.2) is 0 Å². The number of halogens is 3. The Kier molecular flexibility index (Phi) is 4.36. The van der Waals surface area contributed by atoms with E-state index in [1.54, 1.807) is 0 Å². The van der Waals surface area contributed by atoms with Crippen LogP contribution in [-0.4, -0.2) is 41.1 Å². The molecule has 0 radical (unpaired) electrons. The van der Waals surface area contributed by atoms with Crippen molar-refractivity contribution in [3.63, 3.8) is 0 Å². The lowest BCUT2D eigenvalue weighted by atomic mass is 10.1. The van der Waals surface area contributed by atoms with E-state index in [0.29, 0.717) is 17.7 Å². The van der Waals surface area contributed by atoms with E-state index < -0.39 is 37.1 Å². The summed E-state index contributed by atoms with van der Waals surface area (Å²) in [6.45, 7) is -2.39. The lowest BCUT2D eigenvalue weighted by Gasteiger charge is -2.24. The van der Waals surface area contributed by atoms with Gasteiger partial charge in [-0.15, -0.1) is 0 Å². The van der Waals surface area contributed by atoms with E-state index in [-0.39, 0.29) is 0 Å². The van der Waals surface area contributed by atoms with Gasteiger partial charge in [0.2, 0.25) is 5.91 Å². The van der Waals surface area contributed by atoms with Crippen LogP contribution >= 0.6 is 0 Å². The third-order valence-electron chi connectivity index (χ3n) is 2.71. The molecule has 1 aliphatic rings. The second-order valence-electron chi connectivity index (χ2n) is 4.18. The Balaban J connectivity index is 2.67. The minimum Gasteiger partial charge on any atom is -0.480 e. The molecule has 0 bridgehead atoms. The van der Waals surface area contributed by atoms with Crippen molar-refractivity contribution in [1.82, 2.24) is 4.90 Å². The van der Waals surface area contributed by atoms with Crippen molar-refractivity contribution in [3.8, 4) is 0 Å². The summed E-state index contributed by atoms with van der Waals surface area (Å²) in [7, 11) is 0. The van der Waals surface area contributed by atoms with Gasteiger partial charge in [-0.1, -0.05) is 12.8 Å². The maximum absolute atomic E-state index is 12.2. The molecule has 0 aromatic carbocycles. The number of nitrogens with zero attached hydrogens (tertiary/aromatic N) is 1. The number of carboxylic acids is 1. The molecular weight excluding hydrogens is 239 g/mol. The third-order valence-corrected chi connectivity index (χ3v) is 2.71. The summed E-state index contributed by atoms with van der Waals surface area (Å²) in [6.07, 6.45) is -1.85. The summed E-state index contributed by atoms with van der Waals surface area (Å²) in [5, 5.41) is 8.51. The molecule has 7 heteroatoms. The molecule has 0 spiro atoms. The quantitative estimate of drug-likeness (QED) is 0.828. The highest BCUT2D eigenvalue weighted by Crippen LogP contribution is 2.27. The Bertz CT molecular complexity index is 298. The Morgan fingerprint density at radius 1 is 1.24 bits per heavy atom. The van der Waals surface area contributed by atoms with E-state index in [9.17, 15) is 22.8 Å². The van der Waals surface area contributed by atoms with E-state index in [1.165, 1.54) is 0 Å². The highest BCUT2D eigenvalue weighted by molar-refractivity contribution is 5.83. The molecule has 1 saturated carbocycles. The minimum absolute atomic E-state index is 0.387. The number of carbonyl (C=O) groups is 2. The zero-order valence-electron chi connectivity index (χ0n) is 9.16. The summed E-state index contributed by atoms with van der Waals surface area (Å²) < 4.78 is 36.6. The normalized spacial score (nSPS) is 17.1. The van der Waals surface area contributed by atoms with Crippen LogP contribution < -0.4 is 0 Å². The van der Waals surface area contributed by atoms with Gasteiger partial charge in [0, 0.05) is 5.92 Å². The van der Waals surface area contributed by atoms with E-state index in [2.05, 4.69) is 0 Å². The van der Waals surface area contributed by atoms with Gasteiger partial charge in [0.05, 0.1) is 0 Å². The topological polar surface area (TPSA) is 57.6 Å². The minimum atomic E-state index is -4.57. The molecule has 17 heavy (non-hydrogen) atoms. The average molecular weight is 253 g/mol. The first-order chi connectivity index (χ1) is 7.79. The predicted molar refractivity (Wildman–Crippen MR) is 52.2 cm³/mol. The third kappa shape index (κ3) is 4.62. The number of hydrogen-bond acceptors (Lipinski definition) is 2. The smallest absolute Gasteiger partial charge is 0.406 e. The van der Waals surface area contributed by atoms with Crippen molar-refractivity contribution in [2.75, 3.05) is 13.1 Å². The number of hydrogen-bond donors (Lipinski definition) is 1. The molecule has 0 aliphatic heterocycles. The van der Waals surface area contributed by atoms with Gasteiger partial charge in [0.1, 0.15) is 13.1 Å². The number of amides is 1. The maximum Gasteiger partial charge on any atom is 0.406 e. The monoisotopic (exact) mass is 253 g/mol. The molecule has 0 aromatic heterocycles. The van der Waals surface area contributed by atoms with Gasteiger partial charge in [-0.3, -0.25) is 9.59 Å². The Morgan fingerprint density at radius 2 is 1.76 bits per heavy atom. The van der Waals surface area contributed by atoms with Gasteiger partial charge in [-0.2, -0.15) is 13.2 Å². The summed E-state index contributed by atoms with van der Waals surface area (Å²) in [5.41, 5.74) is 0. The van der Waals surface area contributed by atoms with Crippen LogP contribution in [-0.2, 0) is 9.59 Å². The summed E-state index contributed by atoms with van der Waals surface area (Å²) >= 11 is 0. The molecule has 1 fully saturated rings. The first-order valence-corrected chi connectivity index (χ1v) is 5.37. The van der Waals surface area contributed by atoms with Gasteiger partial charge >= 0.3 is 12.1 Å². The SMILES string of the molecule is O=C(O)CN(CC(F)(F)F)C(=O)C1CCCC1. The zero-order valence-corrected chi connectivity index (χ0v) is 9.16. The number of carbonyl (C=O) groups excluding carboxylic acids is 1. The van der Waals surface area contributed by atoms with Crippen LogP contribution in [0.25, 0.3) is 0 Å². The zero-order chi connectivity index (χ0) is 13.1. The standard InChI is InChI=1S/C10H14F3NO3/c11-10(12,13)6-14(5-8(15)16)9(17)7-3-1-2-4-7/h7H,1-6H2,(H,15,16). The molecule has 0 saturated heterocycles. The van der Waals surface area contributed by atoms with Crippen LogP contribution in [0.3, 0.4) is 0 Å². The lowest BCUT2D eigenvalue weighted by Crippen LogP contribution is -2.44. The van der Waals surface area contributed by atoms with Crippen molar-refractivity contribution < 1.29 is 27.9 Å². The summed E-state index contributed by atoms with van der Waals surface area (Å²) in [4.78, 5) is 22.6. The average Bonchev–Trinajstić information content (AvgIpc) is 2.65. The summed E-state index contributed by atoms with van der Waals surface area (Å²) in [6, 6.07) is 0. The fraction of sp³-hybridized carbons (Fsp3) is 0.800. The van der Waals surface area contributed by atoms with Crippen molar-refractivity contribution in [3.05, 3.63) is 0 Å². The van der Waals surface area contributed by atoms with Crippen molar-refractivity contribution in [2.45, 2.75) is 31.9 Å². The lowest BCUT2D eigenvalue weighted by molar-refractivity contribution is -0.167. The van der Waals surface area contributed by atoms with Crippen molar-refractivity contribution >= 4 is 11.9 Å². The highest BCUT2D eigenvalue weighted by atomic mass is 19.4. The molecule has 1 rings (SSSR count). The molecule has 4 nitrogen and oxygen atoms in total. The van der Waals surface area contributed by atoms with Gasteiger partial charge < -0.3 is 10.0 Å². The van der Waals surface area contributed by atoms with Gasteiger partial charge in [0.25, 0.3) is 0 Å². The molecule has 98 valence electrons. The second-order valence-corrected chi connectivity index (χ2v) is 4.18. The summed E-state index contributed by atoms with van der Waals surface area (Å²) in [5.74, 6) is -2.57. The Hall–Kier alpha value is -1.27. The fourth-order valence-corrected chi connectivity index (χ4v) is 2.02. The van der Waals surface area contributed by atoms with Crippen LogP contribution in [0.2, 0.25) is 0 Å². The molecule has 1 N–H and O–H groups in total. The molecule has 0 aromatic rings. The van der Waals surface area contributed by atoms with Crippen LogP contribution in [0.1, 0.15) is 25.7 Å². The number of aliphatic carboxylic acids is 1. The second kappa shape index (κ2) is 5.37. The molecule has 0 unspecified atom stereocenters. The van der Waals surface area contributed by atoms with E-state index in [1.807, 2.05) is 0 Å². The van der Waals surface area contributed by atoms with Crippen molar-refractivity contribution in [2.24, 2.45) is 5.92 Å². The fourth-order valence-electron chi connectivity index (χ4n) is 2.02. The molecular formula is C10H14F3NO3. The Morgan fingerprint density at radius 3 is 2.18 bits per heavy atom. The molecule has 1 amide bonds. The van der Waals surface area contributed by atoms with E-state index >= 15 is 0 Å². The Labute approximate surface area is 96.4 Å². The van der Waals surface area contributed by atoms with Crippen molar-refractivity contribution in [1.29, 1.82) is 0 Å². The first kappa shape index (κ1) is 13.8. The van der Waals surface area contributed by atoms with Gasteiger partial charge in [0.15, 0.2) is 0 Å². The number of carboxylic acid groups (broad SMARTS) is 1. The number of alkyl halides is 3. The van der Waals surface area contributed by atoms with Gasteiger partial charge in [-0.25, -0.2) is 0 Å². The maximum atomic E-state index is 12.2. The largest absolute Gasteiger partial charge is 0.480 e. The molecule has 0 heterocycles. The van der Waals surface area contributed by atoms with Gasteiger partial charge in [-0.05, 0) is 12.8 Å². The van der Waals surface area contributed by atoms with E-state index in [0.717, 1.165) is 12.8 Å². The molecule has 1 aliphatic carbocycles. The highest BCUT2D eigenvalue weighted by Gasteiger charge is 2.36. The van der Waals surface area contributed by atoms with Crippen LogP contribution in [0.4, 0.5) is 13.2 Å². The number of rotatable bonds is 4. The first-order valence-electron chi connectivity index (χ1n) is 5.37. The van der Waals surface area contributed by atoms with E-state index in [4.69, 9.17) is 5.11 Å². The van der Waals surface area contributed by atoms with Crippen LogP contribution in [0, 0.1) is 5.92 Å². The molecule has 0 atom stereocenters. The predicted octanol–water partition coefficient (Wildman–Crippen LogP) is 1.65.